The van der Waals surface area contributed by atoms with E-state index in [0.29, 0.717) is 5.75 Å². The van der Waals surface area contributed by atoms with Crippen LogP contribution < -0.4 is 10.2 Å². The van der Waals surface area contributed by atoms with Gasteiger partial charge in [-0.25, -0.2) is 0 Å². The van der Waals surface area contributed by atoms with E-state index < -0.39 is 0 Å². The molecule has 0 saturated heterocycles. The monoisotopic (exact) mass is 270 g/mol. The van der Waals surface area contributed by atoms with Crippen LogP contribution in [0.15, 0.2) is 42.5 Å². The highest BCUT2D eigenvalue weighted by atomic mass is 16.3. The second-order valence-electron chi connectivity index (χ2n) is 5.34. The molecule has 0 aliphatic rings. The summed E-state index contributed by atoms with van der Waals surface area (Å²) in [4.78, 5) is 2.07. The zero-order chi connectivity index (χ0) is 14.7. The molecule has 0 fully saturated rings. The van der Waals surface area contributed by atoms with E-state index in [1.165, 1.54) is 0 Å². The van der Waals surface area contributed by atoms with Gasteiger partial charge in [-0.3, -0.25) is 0 Å². The predicted octanol–water partition coefficient (Wildman–Crippen LogP) is 3.94. The van der Waals surface area contributed by atoms with Crippen LogP contribution in [0.5, 0.6) is 5.75 Å². The van der Waals surface area contributed by atoms with Crippen LogP contribution in [0.2, 0.25) is 0 Å². The smallest absolute Gasteiger partial charge is 0.121 e. The summed E-state index contributed by atoms with van der Waals surface area (Å²) in [6.45, 7) is 4.03. The average molecular weight is 270 g/mol. The Balaban J connectivity index is 2.26. The van der Waals surface area contributed by atoms with Gasteiger partial charge in [0.25, 0.3) is 0 Å². The van der Waals surface area contributed by atoms with Crippen molar-refractivity contribution < 1.29 is 5.11 Å². The molecule has 1 unspecified atom stereocenters. The van der Waals surface area contributed by atoms with Gasteiger partial charge < -0.3 is 15.3 Å². The lowest BCUT2D eigenvalue weighted by molar-refractivity contribution is 0.465. The van der Waals surface area contributed by atoms with Gasteiger partial charge >= 0.3 is 0 Å². The first-order valence-electron chi connectivity index (χ1n) is 6.81. The zero-order valence-electron chi connectivity index (χ0n) is 12.5. The predicted molar refractivity (Wildman–Crippen MR) is 85.7 cm³/mol. The summed E-state index contributed by atoms with van der Waals surface area (Å²) < 4.78 is 0. The lowest BCUT2D eigenvalue weighted by Gasteiger charge is -2.22. The van der Waals surface area contributed by atoms with Gasteiger partial charge in [-0.2, -0.15) is 0 Å². The third-order valence-electron chi connectivity index (χ3n) is 3.41. The maximum Gasteiger partial charge on any atom is 0.121 e. The van der Waals surface area contributed by atoms with Gasteiger partial charge in [0.15, 0.2) is 0 Å². The van der Waals surface area contributed by atoms with Gasteiger partial charge in [-0.15, -0.1) is 0 Å². The van der Waals surface area contributed by atoms with Crippen molar-refractivity contribution in [3.05, 3.63) is 53.6 Å². The Labute approximate surface area is 120 Å². The average Bonchev–Trinajstić information content (AvgIpc) is 2.38. The zero-order valence-corrected chi connectivity index (χ0v) is 12.5. The fourth-order valence-corrected chi connectivity index (χ4v) is 2.32. The number of phenols is 1. The number of hydrogen-bond donors (Lipinski definition) is 2. The number of rotatable bonds is 4. The summed E-state index contributed by atoms with van der Waals surface area (Å²) in [6, 6.07) is 14.0. The van der Waals surface area contributed by atoms with Crippen LogP contribution in [0, 0.1) is 6.92 Å². The highest BCUT2D eigenvalue weighted by molar-refractivity contribution is 5.70. The minimum atomic E-state index is 0.0386. The maximum atomic E-state index is 10.1. The first-order chi connectivity index (χ1) is 9.49. The largest absolute Gasteiger partial charge is 0.508 e. The van der Waals surface area contributed by atoms with Crippen molar-refractivity contribution in [3.63, 3.8) is 0 Å². The molecule has 2 rings (SSSR count). The maximum absolute atomic E-state index is 10.1. The van der Waals surface area contributed by atoms with Crippen molar-refractivity contribution in [1.29, 1.82) is 0 Å². The summed E-state index contributed by atoms with van der Waals surface area (Å²) >= 11 is 0. The lowest BCUT2D eigenvalue weighted by Crippen LogP contribution is -2.14. The Kier molecular flexibility index (Phi) is 4.18. The third kappa shape index (κ3) is 3.05. The molecule has 106 valence electrons. The number of para-hydroxylation sites is 2. The van der Waals surface area contributed by atoms with E-state index in [1.54, 1.807) is 6.07 Å². The van der Waals surface area contributed by atoms with Crippen LogP contribution in [0.1, 0.15) is 24.1 Å². The molecule has 0 bridgehead atoms. The van der Waals surface area contributed by atoms with E-state index in [2.05, 4.69) is 29.3 Å². The van der Waals surface area contributed by atoms with Gasteiger partial charge in [-0.05, 0) is 37.6 Å². The van der Waals surface area contributed by atoms with E-state index in [0.717, 1.165) is 22.5 Å². The molecule has 2 N–H and O–H groups in total. The summed E-state index contributed by atoms with van der Waals surface area (Å²) in [6.07, 6.45) is 0. The highest BCUT2D eigenvalue weighted by Crippen LogP contribution is 2.31. The SMILES string of the molecule is Cc1ccc(C(C)Nc2ccccc2N(C)C)c(O)c1. The minimum Gasteiger partial charge on any atom is -0.508 e. The Morgan fingerprint density at radius 3 is 2.45 bits per heavy atom. The standard InChI is InChI=1S/C17H22N2O/c1-12-9-10-14(17(20)11-12)13(2)18-15-7-5-6-8-16(15)19(3)4/h5-11,13,18,20H,1-4H3. The number of aromatic hydroxyl groups is 1. The fourth-order valence-electron chi connectivity index (χ4n) is 2.32. The van der Waals surface area contributed by atoms with E-state index in [1.807, 2.05) is 45.3 Å². The van der Waals surface area contributed by atoms with Gasteiger partial charge in [-0.1, -0.05) is 24.3 Å². The van der Waals surface area contributed by atoms with Crippen molar-refractivity contribution in [3.8, 4) is 5.75 Å². The number of nitrogens with zero attached hydrogens (tertiary/aromatic N) is 1. The molecule has 0 saturated carbocycles. The Morgan fingerprint density at radius 1 is 1.10 bits per heavy atom. The first kappa shape index (κ1) is 14.3. The van der Waals surface area contributed by atoms with Crippen molar-refractivity contribution in [2.45, 2.75) is 19.9 Å². The molecule has 0 heterocycles. The number of nitrogens with one attached hydrogen (secondary N) is 1. The van der Waals surface area contributed by atoms with Crippen molar-refractivity contribution in [2.75, 3.05) is 24.3 Å². The summed E-state index contributed by atoms with van der Waals surface area (Å²) in [5, 5.41) is 13.5. The molecule has 2 aromatic carbocycles. The summed E-state index contributed by atoms with van der Waals surface area (Å²) in [5.74, 6) is 0.340. The molecule has 0 radical (unpaired) electrons. The molecule has 20 heavy (non-hydrogen) atoms. The Bertz CT molecular complexity index is 593. The second-order valence-corrected chi connectivity index (χ2v) is 5.34. The van der Waals surface area contributed by atoms with E-state index in [4.69, 9.17) is 0 Å². The minimum absolute atomic E-state index is 0.0386. The molecule has 1 atom stereocenters. The van der Waals surface area contributed by atoms with E-state index in [9.17, 15) is 5.11 Å². The Hall–Kier alpha value is -2.16. The third-order valence-corrected chi connectivity index (χ3v) is 3.41. The van der Waals surface area contributed by atoms with Crippen LogP contribution in [0.4, 0.5) is 11.4 Å². The van der Waals surface area contributed by atoms with E-state index in [-0.39, 0.29) is 6.04 Å². The molecule has 0 aromatic heterocycles. The lowest BCUT2D eigenvalue weighted by atomic mass is 10.0. The quantitative estimate of drug-likeness (QED) is 0.883. The van der Waals surface area contributed by atoms with Crippen molar-refractivity contribution in [2.24, 2.45) is 0 Å². The van der Waals surface area contributed by atoms with Gasteiger partial charge in [0, 0.05) is 19.7 Å². The van der Waals surface area contributed by atoms with Crippen molar-refractivity contribution in [1.82, 2.24) is 0 Å². The second kappa shape index (κ2) is 5.87. The molecular formula is C17H22N2O. The number of anilines is 2. The van der Waals surface area contributed by atoms with Crippen molar-refractivity contribution >= 4 is 11.4 Å². The topological polar surface area (TPSA) is 35.5 Å². The van der Waals surface area contributed by atoms with Gasteiger partial charge in [0.05, 0.1) is 17.4 Å². The van der Waals surface area contributed by atoms with Gasteiger partial charge in [0.2, 0.25) is 0 Å². The molecule has 0 spiro atoms. The van der Waals surface area contributed by atoms with Crippen LogP contribution in [0.3, 0.4) is 0 Å². The molecular weight excluding hydrogens is 248 g/mol. The normalized spacial score (nSPS) is 12.0. The van der Waals surface area contributed by atoms with Crippen LogP contribution in [-0.4, -0.2) is 19.2 Å². The highest BCUT2D eigenvalue weighted by Gasteiger charge is 2.12. The van der Waals surface area contributed by atoms with Gasteiger partial charge in [0.1, 0.15) is 5.75 Å². The summed E-state index contributed by atoms with van der Waals surface area (Å²) in [7, 11) is 4.04. The van der Waals surface area contributed by atoms with Crippen LogP contribution in [0.25, 0.3) is 0 Å². The number of phenolic OH excluding ortho intramolecular Hbond substituents is 1. The number of hydrogen-bond acceptors (Lipinski definition) is 3. The van der Waals surface area contributed by atoms with E-state index >= 15 is 0 Å². The summed E-state index contributed by atoms with van der Waals surface area (Å²) in [5.41, 5.74) is 4.16. The van der Waals surface area contributed by atoms with Crippen LogP contribution >= 0.6 is 0 Å². The Morgan fingerprint density at radius 2 is 1.80 bits per heavy atom. The van der Waals surface area contributed by atoms with Crippen LogP contribution in [-0.2, 0) is 0 Å². The number of benzene rings is 2. The first-order valence-corrected chi connectivity index (χ1v) is 6.81. The molecule has 3 heteroatoms. The molecule has 0 aliphatic carbocycles. The molecule has 3 nitrogen and oxygen atoms in total. The molecule has 0 amide bonds. The fraction of sp³-hybridized carbons (Fsp3) is 0.294. The molecule has 0 aliphatic heterocycles. The molecule has 2 aromatic rings. The number of aryl methyl sites for hydroxylation is 1.